The van der Waals surface area contributed by atoms with E-state index in [2.05, 4.69) is 21.2 Å². The molecule has 0 aliphatic carbocycles. The van der Waals surface area contributed by atoms with Crippen molar-refractivity contribution in [3.8, 4) is 0 Å². The summed E-state index contributed by atoms with van der Waals surface area (Å²) in [6.45, 7) is 1.99. The van der Waals surface area contributed by atoms with Crippen molar-refractivity contribution in [1.82, 2.24) is 5.32 Å². The van der Waals surface area contributed by atoms with Crippen LogP contribution in [-0.2, 0) is 0 Å². The monoisotopic (exact) mass is 353 g/mol. The van der Waals surface area contributed by atoms with E-state index in [4.69, 9.17) is 0 Å². The topological polar surface area (TPSA) is 29.1 Å². The zero-order valence-corrected chi connectivity index (χ0v) is 13.8. The Bertz CT molecular complexity index is 806. The van der Waals surface area contributed by atoms with Gasteiger partial charge in [0, 0.05) is 10.0 Å². The third-order valence-corrected chi connectivity index (χ3v) is 4.28. The number of hydrogen-bond acceptors (Lipinski definition) is 1. The Morgan fingerprint density at radius 2 is 1.64 bits per heavy atom. The lowest BCUT2D eigenvalue weighted by Gasteiger charge is -2.15. The highest BCUT2D eigenvalue weighted by molar-refractivity contribution is 9.10. The van der Waals surface area contributed by atoms with Crippen LogP contribution in [0, 0.1) is 0 Å². The van der Waals surface area contributed by atoms with Crippen LogP contribution < -0.4 is 5.32 Å². The minimum absolute atomic E-state index is 0.0421. The summed E-state index contributed by atoms with van der Waals surface area (Å²) in [7, 11) is 0. The van der Waals surface area contributed by atoms with Crippen molar-refractivity contribution in [3.05, 3.63) is 82.3 Å². The van der Waals surface area contributed by atoms with Gasteiger partial charge in [-0.25, -0.2) is 0 Å². The summed E-state index contributed by atoms with van der Waals surface area (Å²) < 4.78 is 1.03. The number of carbonyl (C=O) groups excluding carboxylic acids is 1. The van der Waals surface area contributed by atoms with Gasteiger partial charge in [-0.2, -0.15) is 0 Å². The van der Waals surface area contributed by atoms with Crippen molar-refractivity contribution in [3.63, 3.8) is 0 Å². The largest absolute Gasteiger partial charge is 0.345 e. The molecule has 1 atom stereocenters. The number of nitrogens with one attached hydrogen (secondary N) is 1. The van der Waals surface area contributed by atoms with Crippen LogP contribution >= 0.6 is 15.9 Å². The first-order valence-corrected chi connectivity index (χ1v) is 7.98. The molecule has 0 aromatic heterocycles. The quantitative estimate of drug-likeness (QED) is 0.697. The number of benzene rings is 3. The van der Waals surface area contributed by atoms with E-state index in [1.54, 1.807) is 0 Å². The molecule has 0 fully saturated rings. The molecule has 0 saturated carbocycles. The summed E-state index contributed by atoms with van der Waals surface area (Å²) in [5.74, 6) is -0.0489. The Balaban J connectivity index is 1.85. The summed E-state index contributed by atoms with van der Waals surface area (Å²) in [6.07, 6.45) is 0. The highest BCUT2D eigenvalue weighted by atomic mass is 79.9. The fourth-order valence-electron chi connectivity index (χ4n) is 2.53. The van der Waals surface area contributed by atoms with Crippen LogP contribution in [0.5, 0.6) is 0 Å². The molecule has 0 radical (unpaired) electrons. The molecule has 1 amide bonds. The zero-order valence-electron chi connectivity index (χ0n) is 12.2. The van der Waals surface area contributed by atoms with Gasteiger partial charge >= 0.3 is 0 Å². The predicted octanol–water partition coefficient (Wildman–Crippen LogP) is 5.09. The van der Waals surface area contributed by atoms with Crippen molar-refractivity contribution in [1.29, 1.82) is 0 Å². The molecule has 110 valence electrons. The minimum Gasteiger partial charge on any atom is -0.345 e. The maximum Gasteiger partial charge on any atom is 0.252 e. The first-order valence-electron chi connectivity index (χ1n) is 7.19. The molecule has 0 spiro atoms. The third-order valence-electron chi connectivity index (χ3n) is 3.75. The molecule has 0 saturated heterocycles. The van der Waals surface area contributed by atoms with Crippen LogP contribution in [0.25, 0.3) is 10.8 Å². The number of carbonyl (C=O) groups is 1. The molecule has 3 aromatic carbocycles. The van der Waals surface area contributed by atoms with E-state index >= 15 is 0 Å². The summed E-state index contributed by atoms with van der Waals surface area (Å²) >= 11 is 3.42. The van der Waals surface area contributed by atoms with Gasteiger partial charge in [0.15, 0.2) is 0 Å². The molecule has 0 aliphatic heterocycles. The van der Waals surface area contributed by atoms with Gasteiger partial charge in [-0.1, -0.05) is 64.5 Å². The second kappa shape index (κ2) is 6.32. The highest BCUT2D eigenvalue weighted by Gasteiger charge is 2.13. The van der Waals surface area contributed by atoms with E-state index in [0.29, 0.717) is 5.56 Å². The van der Waals surface area contributed by atoms with Gasteiger partial charge in [0.1, 0.15) is 0 Å². The van der Waals surface area contributed by atoms with Crippen LogP contribution in [0.3, 0.4) is 0 Å². The van der Waals surface area contributed by atoms with E-state index in [0.717, 1.165) is 20.8 Å². The molecule has 1 N–H and O–H groups in total. The smallest absolute Gasteiger partial charge is 0.252 e. The van der Waals surface area contributed by atoms with E-state index in [9.17, 15) is 4.79 Å². The van der Waals surface area contributed by atoms with Crippen molar-refractivity contribution < 1.29 is 4.79 Å². The van der Waals surface area contributed by atoms with Crippen LogP contribution in [0.2, 0.25) is 0 Å². The predicted molar refractivity (Wildman–Crippen MR) is 94.0 cm³/mol. The summed E-state index contributed by atoms with van der Waals surface area (Å²) in [4.78, 5) is 12.6. The molecule has 3 heteroatoms. The lowest BCUT2D eigenvalue weighted by molar-refractivity contribution is 0.0941. The summed E-state index contributed by atoms with van der Waals surface area (Å²) in [5, 5.41) is 5.12. The maximum absolute atomic E-state index is 12.6. The van der Waals surface area contributed by atoms with Crippen LogP contribution in [0.4, 0.5) is 0 Å². The summed E-state index contributed by atoms with van der Waals surface area (Å²) in [5.41, 5.74) is 1.79. The molecular weight excluding hydrogens is 338 g/mol. The van der Waals surface area contributed by atoms with Crippen molar-refractivity contribution >= 4 is 32.6 Å². The second-order valence-electron chi connectivity index (χ2n) is 5.27. The average molecular weight is 354 g/mol. The Labute approximate surface area is 138 Å². The first kappa shape index (κ1) is 14.8. The average Bonchev–Trinajstić information content (AvgIpc) is 2.54. The van der Waals surface area contributed by atoms with Gasteiger partial charge in [0.2, 0.25) is 0 Å². The van der Waals surface area contributed by atoms with Gasteiger partial charge in [-0.3, -0.25) is 4.79 Å². The zero-order chi connectivity index (χ0) is 15.5. The molecule has 0 heterocycles. The van der Waals surface area contributed by atoms with Crippen LogP contribution in [-0.4, -0.2) is 5.91 Å². The number of rotatable bonds is 3. The van der Waals surface area contributed by atoms with Gasteiger partial charge in [-0.15, -0.1) is 0 Å². The Morgan fingerprint density at radius 3 is 2.41 bits per heavy atom. The lowest BCUT2D eigenvalue weighted by atomic mass is 10.0. The molecule has 0 unspecified atom stereocenters. The van der Waals surface area contributed by atoms with Gasteiger partial charge in [0.25, 0.3) is 5.91 Å². The van der Waals surface area contributed by atoms with E-state index < -0.39 is 0 Å². The fraction of sp³-hybridized carbons (Fsp3) is 0.105. The standard InChI is InChI=1S/C19H16BrNO/c1-13(14-9-11-16(20)12-10-14)21-19(22)18-8-4-6-15-5-2-3-7-17(15)18/h2-13H,1H3,(H,21,22)/t13-/m1/s1. The van der Waals surface area contributed by atoms with Crippen molar-refractivity contribution in [2.45, 2.75) is 13.0 Å². The minimum atomic E-state index is -0.0489. The lowest BCUT2D eigenvalue weighted by Crippen LogP contribution is -2.26. The number of fused-ring (bicyclic) bond motifs is 1. The first-order chi connectivity index (χ1) is 10.6. The van der Waals surface area contributed by atoms with Crippen molar-refractivity contribution in [2.75, 3.05) is 0 Å². The van der Waals surface area contributed by atoms with Gasteiger partial charge in [-0.05, 0) is 41.5 Å². The molecule has 0 bridgehead atoms. The Kier molecular flexibility index (Phi) is 4.25. The maximum atomic E-state index is 12.6. The number of amides is 1. The Morgan fingerprint density at radius 1 is 0.955 bits per heavy atom. The van der Waals surface area contributed by atoms with Crippen LogP contribution in [0.1, 0.15) is 28.9 Å². The second-order valence-corrected chi connectivity index (χ2v) is 6.19. The molecule has 2 nitrogen and oxygen atoms in total. The van der Waals surface area contributed by atoms with Crippen LogP contribution in [0.15, 0.2) is 71.2 Å². The Hall–Kier alpha value is -2.13. The molecule has 3 aromatic rings. The summed E-state index contributed by atoms with van der Waals surface area (Å²) in [6, 6.07) is 21.7. The van der Waals surface area contributed by atoms with Crippen molar-refractivity contribution in [2.24, 2.45) is 0 Å². The van der Waals surface area contributed by atoms with E-state index in [-0.39, 0.29) is 11.9 Å². The molecule has 22 heavy (non-hydrogen) atoms. The normalized spacial score (nSPS) is 12.1. The number of hydrogen-bond donors (Lipinski definition) is 1. The fourth-order valence-corrected chi connectivity index (χ4v) is 2.80. The van der Waals surface area contributed by atoms with E-state index in [1.165, 1.54) is 0 Å². The molecular formula is C19H16BrNO. The molecule has 3 rings (SSSR count). The van der Waals surface area contributed by atoms with E-state index in [1.807, 2.05) is 73.7 Å². The highest BCUT2D eigenvalue weighted by Crippen LogP contribution is 2.21. The van der Waals surface area contributed by atoms with Gasteiger partial charge < -0.3 is 5.32 Å². The number of halogens is 1. The SMILES string of the molecule is C[C@@H](NC(=O)c1cccc2ccccc12)c1ccc(Br)cc1. The molecule has 0 aliphatic rings. The third kappa shape index (κ3) is 3.04. The van der Waals surface area contributed by atoms with Gasteiger partial charge in [0.05, 0.1) is 6.04 Å².